The van der Waals surface area contributed by atoms with Crippen molar-refractivity contribution >= 4 is 21.7 Å². The van der Waals surface area contributed by atoms with E-state index < -0.39 is 10.1 Å². The molecule has 0 N–H and O–H groups in total. The van der Waals surface area contributed by atoms with Crippen molar-refractivity contribution in [1.82, 2.24) is 0 Å². The molecule has 0 atom stereocenters. The molecule has 0 spiro atoms. The Balaban J connectivity index is 0.00000103. The van der Waals surface area contributed by atoms with Gasteiger partial charge in [-0.3, -0.25) is 0 Å². The molecule has 0 saturated carbocycles. The van der Waals surface area contributed by atoms with E-state index in [2.05, 4.69) is 20.9 Å². The molecule has 0 heterocycles. The minimum Gasteiger partial charge on any atom is -0.744 e. The average Bonchev–Trinajstić information content (AvgIpc) is 2.87. The maximum absolute atomic E-state index is 10.4. The van der Waals surface area contributed by atoms with Gasteiger partial charge in [-0.25, -0.2) is 8.42 Å². The maximum atomic E-state index is 10.4. The van der Waals surface area contributed by atoms with E-state index in [0.29, 0.717) is 0 Å². The van der Waals surface area contributed by atoms with Crippen molar-refractivity contribution in [1.29, 1.82) is 0 Å². The number of hydrogen-bond acceptors (Lipinski definition) is 3. The summed E-state index contributed by atoms with van der Waals surface area (Å²) in [6.45, 7) is 10.5. The van der Waals surface area contributed by atoms with E-state index in [1.807, 2.05) is 6.92 Å². The molecule has 0 saturated heterocycles. The molecule has 0 aromatic heterocycles. The zero-order chi connectivity index (χ0) is 28.5. The second kappa shape index (κ2) is 24.2. The SMILES string of the molecule is CCCCCCCCCC[N+](C)(CCCCCl)CCCCCCCCCC.Cc1ccc(S(=O)(=O)[O-])cc1. The third kappa shape index (κ3) is 22.2. The standard InChI is InChI=1S/C25H53ClN.C7H8O3S/c1-4-6-8-10-12-14-16-19-23-27(3,25-21-18-22-26)24-20-17-15-13-11-9-7-5-2;1-6-2-4-7(5-3-6)11(8,9)10/h4-25H2,1-3H3;2-5H,1H3,(H,8,9,10)/q+1;/p-1. The smallest absolute Gasteiger partial charge is 0.124 e. The fourth-order valence-corrected chi connectivity index (χ4v) is 5.54. The molecule has 0 radical (unpaired) electrons. The van der Waals surface area contributed by atoms with Crippen LogP contribution >= 0.6 is 11.6 Å². The quantitative estimate of drug-likeness (QED) is 0.0566. The van der Waals surface area contributed by atoms with Crippen LogP contribution in [0.5, 0.6) is 0 Å². The summed E-state index contributed by atoms with van der Waals surface area (Å²) in [5.41, 5.74) is 0.928. The molecule has 38 heavy (non-hydrogen) atoms. The number of rotatable bonds is 23. The number of aryl methyl sites for hydroxylation is 1. The Bertz CT molecular complexity index is 732. The van der Waals surface area contributed by atoms with Gasteiger partial charge < -0.3 is 9.04 Å². The van der Waals surface area contributed by atoms with Crippen LogP contribution in [0, 0.1) is 6.92 Å². The van der Waals surface area contributed by atoms with Gasteiger partial charge in [0.1, 0.15) is 10.1 Å². The van der Waals surface area contributed by atoms with Crippen molar-refractivity contribution in [2.75, 3.05) is 32.6 Å². The van der Waals surface area contributed by atoms with Gasteiger partial charge in [-0.15, -0.1) is 11.6 Å². The van der Waals surface area contributed by atoms with Gasteiger partial charge in [-0.05, 0) is 57.6 Å². The summed E-state index contributed by atoms with van der Waals surface area (Å²) in [7, 11) is -1.76. The Hall–Kier alpha value is -0.620. The Morgan fingerprint density at radius 2 is 0.974 bits per heavy atom. The highest BCUT2D eigenvalue weighted by Gasteiger charge is 2.20. The van der Waals surface area contributed by atoms with Crippen molar-refractivity contribution in [3.63, 3.8) is 0 Å². The number of halogens is 1. The van der Waals surface area contributed by atoms with Gasteiger partial charge >= 0.3 is 0 Å². The maximum Gasteiger partial charge on any atom is 0.124 e. The Morgan fingerprint density at radius 3 is 1.32 bits per heavy atom. The van der Waals surface area contributed by atoms with Crippen LogP contribution in [0.1, 0.15) is 135 Å². The van der Waals surface area contributed by atoms with Gasteiger partial charge in [-0.1, -0.05) is 109 Å². The predicted octanol–water partition coefficient (Wildman–Crippen LogP) is 9.63. The van der Waals surface area contributed by atoms with Gasteiger partial charge in [0.2, 0.25) is 0 Å². The molecular formula is C32H60ClNO3S. The number of benzene rings is 1. The summed E-state index contributed by atoms with van der Waals surface area (Å²) < 4.78 is 32.5. The van der Waals surface area contributed by atoms with E-state index in [4.69, 9.17) is 11.6 Å². The molecule has 4 nitrogen and oxygen atoms in total. The Labute approximate surface area is 242 Å². The average molecular weight is 574 g/mol. The summed E-state index contributed by atoms with van der Waals surface area (Å²) in [5, 5.41) is 0. The molecule has 0 amide bonds. The van der Waals surface area contributed by atoms with E-state index in [-0.39, 0.29) is 4.90 Å². The minimum atomic E-state index is -4.27. The summed E-state index contributed by atoms with van der Waals surface area (Å²) >= 11 is 5.92. The highest BCUT2D eigenvalue weighted by Crippen LogP contribution is 2.16. The normalized spacial score (nSPS) is 11.8. The van der Waals surface area contributed by atoms with E-state index in [0.717, 1.165) is 11.4 Å². The lowest BCUT2D eigenvalue weighted by atomic mass is 10.1. The topological polar surface area (TPSA) is 57.2 Å². The summed E-state index contributed by atoms with van der Waals surface area (Å²) in [5.74, 6) is 0.829. The Kier molecular flexibility index (Phi) is 23.8. The lowest BCUT2D eigenvalue weighted by Gasteiger charge is -2.35. The van der Waals surface area contributed by atoms with Crippen molar-refractivity contribution < 1.29 is 17.5 Å². The van der Waals surface area contributed by atoms with Crippen LogP contribution in [-0.2, 0) is 10.1 Å². The number of nitrogens with zero attached hydrogens (tertiary/aromatic N) is 1. The second-order valence-corrected chi connectivity index (χ2v) is 13.2. The molecule has 6 heteroatoms. The lowest BCUT2D eigenvalue weighted by molar-refractivity contribution is -0.910. The lowest BCUT2D eigenvalue weighted by Crippen LogP contribution is -2.46. The van der Waals surface area contributed by atoms with E-state index in [1.54, 1.807) is 12.1 Å². The van der Waals surface area contributed by atoms with Crippen LogP contribution in [0.15, 0.2) is 29.2 Å². The number of alkyl halides is 1. The molecule has 0 fully saturated rings. The molecule has 0 unspecified atom stereocenters. The van der Waals surface area contributed by atoms with E-state index in [9.17, 15) is 13.0 Å². The molecule has 224 valence electrons. The highest BCUT2D eigenvalue weighted by atomic mass is 35.5. The van der Waals surface area contributed by atoms with E-state index in [1.165, 1.54) is 152 Å². The largest absolute Gasteiger partial charge is 0.744 e. The molecule has 1 aromatic carbocycles. The van der Waals surface area contributed by atoms with Gasteiger partial charge in [0.25, 0.3) is 0 Å². The van der Waals surface area contributed by atoms with Crippen LogP contribution < -0.4 is 0 Å². The minimum absolute atomic E-state index is 0.178. The Morgan fingerprint density at radius 1 is 0.632 bits per heavy atom. The predicted molar refractivity (Wildman–Crippen MR) is 165 cm³/mol. The fraction of sp³-hybridized carbons (Fsp3) is 0.812. The molecule has 1 aromatic rings. The first-order chi connectivity index (χ1) is 18.2. The molecule has 0 aliphatic carbocycles. The van der Waals surface area contributed by atoms with Crippen LogP contribution in [0.2, 0.25) is 0 Å². The van der Waals surface area contributed by atoms with Gasteiger partial charge in [0.05, 0.1) is 31.6 Å². The number of unbranched alkanes of at least 4 members (excludes halogenated alkanes) is 15. The van der Waals surface area contributed by atoms with E-state index >= 15 is 0 Å². The van der Waals surface area contributed by atoms with Crippen molar-refractivity contribution in [3.8, 4) is 0 Å². The molecule has 0 aliphatic rings. The first kappa shape index (κ1) is 37.4. The fourth-order valence-electron chi connectivity index (χ4n) is 4.88. The summed E-state index contributed by atoms with van der Waals surface area (Å²) in [6.07, 6.45) is 25.4. The van der Waals surface area contributed by atoms with Crippen LogP contribution in [0.4, 0.5) is 0 Å². The third-order valence-electron chi connectivity index (χ3n) is 7.49. The molecule has 0 bridgehead atoms. The van der Waals surface area contributed by atoms with Crippen LogP contribution in [0.3, 0.4) is 0 Å². The number of quaternary nitrogens is 1. The third-order valence-corrected chi connectivity index (χ3v) is 8.61. The van der Waals surface area contributed by atoms with Crippen LogP contribution in [-0.4, -0.2) is 50.0 Å². The van der Waals surface area contributed by atoms with Crippen molar-refractivity contribution in [3.05, 3.63) is 29.8 Å². The number of hydrogen-bond donors (Lipinski definition) is 0. The van der Waals surface area contributed by atoms with Gasteiger partial charge in [0.15, 0.2) is 0 Å². The highest BCUT2D eigenvalue weighted by molar-refractivity contribution is 7.85. The summed E-state index contributed by atoms with van der Waals surface area (Å²) in [6, 6.07) is 5.78. The monoisotopic (exact) mass is 573 g/mol. The van der Waals surface area contributed by atoms with Crippen molar-refractivity contribution in [2.24, 2.45) is 0 Å². The van der Waals surface area contributed by atoms with Gasteiger partial charge in [-0.2, -0.15) is 0 Å². The molecule has 1 rings (SSSR count). The first-order valence-corrected chi connectivity index (χ1v) is 17.5. The van der Waals surface area contributed by atoms with Crippen LogP contribution in [0.25, 0.3) is 0 Å². The molecular weight excluding hydrogens is 514 g/mol. The van der Waals surface area contributed by atoms with Crippen molar-refractivity contribution in [2.45, 2.75) is 141 Å². The molecule has 0 aliphatic heterocycles. The first-order valence-electron chi connectivity index (χ1n) is 15.6. The zero-order valence-electron chi connectivity index (χ0n) is 25.3. The second-order valence-electron chi connectivity index (χ2n) is 11.4. The summed E-state index contributed by atoms with van der Waals surface area (Å²) in [4.78, 5) is -0.178. The zero-order valence-corrected chi connectivity index (χ0v) is 26.9. The van der Waals surface area contributed by atoms with Gasteiger partial charge in [0, 0.05) is 5.88 Å².